The van der Waals surface area contributed by atoms with E-state index in [0.717, 1.165) is 18.5 Å². The van der Waals surface area contributed by atoms with Crippen LogP contribution in [0.25, 0.3) is 0 Å². The van der Waals surface area contributed by atoms with Gasteiger partial charge >= 0.3 is 0 Å². The third-order valence-corrected chi connectivity index (χ3v) is 2.81. The molecule has 0 aliphatic rings. The number of rotatable bonds is 5. The fourth-order valence-electron chi connectivity index (χ4n) is 1.48. The van der Waals surface area contributed by atoms with Crippen molar-refractivity contribution in [2.45, 2.75) is 20.3 Å². The van der Waals surface area contributed by atoms with Crippen LogP contribution in [0.1, 0.15) is 18.9 Å². The van der Waals surface area contributed by atoms with Crippen LogP contribution >= 0.6 is 11.6 Å². The Morgan fingerprint density at radius 1 is 1.32 bits per heavy atom. The van der Waals surface area contributed by atoms with Gasteiger partial charge in [-0.15, -0.1) is 0 Å². The van der Waals surface area contributed by atoms with E-state index < -0.39 is 0 Å². The largest absolute Gasteiger partial charge is 0.437 e. The molecule has 100 valence electrons. The topological polar surface area (TPSA) is 47.0 Å². The molecule has 2 rings (SSSR count). The summed E-state index contributed by atoms with van der Waals surface area (Å²) in [4.78, 5) is 8.55. The molecule has 1 aromatic heterocycles. The number of ether oxygens (including phenoxy) is 1. The molecule has 0 bridgehead atoms. The van der Waals surface area contributed by atoms with E-state index in [1.54, 1.807) is 12.3 Å². The second-order valence-electron chi connectivity index (χ2n) is 4.14. The molecule has 1 aromatic carbocycles. The summed E-state index contributed by atoms with van der Waals surface area (Å²) in [7, 11) is 0. The predicted octanol–water partition coefficient (Wildman–Crippen LogP) is 4.05. The third kappa shape index (κ3) is 3.58. The molecule has 0 atom stereocenters. The molecule has 0 aliphatic heterocycles. The quantitative estimate of drug-likeness (QED) is 0.895. The Morgan fingerprint density at radius 3 is 2.84 bits per heavy atom. The average molecular weight is 278 g/mol. The van der Waals surface area contributed by atoms with Gasteiger partial charge in [0.25, 0.3) is 0 Å². The Kier molecular flexibility index (Phi) is 4.58. The van der Waals surface area contributed by atoms with E-state index in [2.05, 4.69) is 22.2 Å². The van der Waals surface area contributed by atoms with E-state index in [1.807, 2.05) is 25.1 Å². The predicted molar refractivity (Wildman–Crippen MR) is 77.1 cm³/mol. The lowest BCUT2D eigenvalue weighted by molar-refractivity contribution is 0.458. The highest BCUT2D eigenvalue weighted by Crippen LogP contribution is 2.29. The second-order valence-corrected chi connectivity index (χ2v) is 4.55. The molecule has 0 fully saturated rings. The van der Waals surface area contributed by atoms with Crippen molar-refractivity contribution < 1.29 is 4.74 Å². The Morgan fingerprint density at radius 2 is 2.11 bits per heavy atom. The lowest BCUT2D eigenvalue weighted by Crippen LogP contribution is -2.05. The molecule has 0 saturated heterocycles. The normalized spacial score (nSPS) is 10.3. The summed E-state index contributed by atoms with van der Waals surface area (Å²) in [5.41, 5.74) is 0.863. The molecule has 0 spiro atoms. The maximum atomic E-state index is 6.07. The number of aryl methyl sites for hydroxylation is 1. The van der Waals surface area contributed by atoms with Crippen LogP contribution in [-0.4, -0.2) is 16.5 Å². The zero-order chi connectivity index (χ0) is 13.7. The fourth-order valence-corrected chi connectivity index (χ4v) is 1.66. The van der Waals surface area contributed by atoms with Gasteiger partial charge in [0.1, 0.15) is 5.75 Å². The fraction of sp³-hybridized carbons (Fsp3) is 0.286. The van der Waals surface area contributed by atoms with Crippen LogP contribution in [0.4, 0.5) is 5.95 Å². The summed E-state index contributed by atoms with van der Waals surface area (Å²) in [6.45, 7) is 4.81. The Hall–Kier alpha value is -1.81. The zero-order valence-corrected chi connectivity index (χ0v) is 11.7. The first-order chi connectivity index (χ1) is 9.20. The smallest absolute Gasteiger partial charge is 0.227 e. The van der Waals surface area contributed by atoms with Gasteiger partial charge in [0.2, 0.25) is 11.8 Å². The number of benzene rings is 1. The molecular weight excluding hydrogens is 262 g/mol. The van der Waals surface area contributed by atoms with Gasteiger partial charge in [-0.05, 0) is 25.5 Å². The van der Waals surface area contributed by atoms with E-state index in [-0.39, 0.29) is 0 Å². The van der Waals surface area contributed by atoms with Crippen LogP contribution in [0.3, 0.4) is 0 Å². The van der Waals surface area contributed by atoms with Gasteiger partial charge in [0.05, 0.1) is 5.02 Å². The molecule has 1 heterocycles. The summed E-state index contributed by atoms with van der Waals surface area (Å²) in [5, 5.41) is 3.69. The lowest BCUT2D eigenvalue weighted by atomic mass is 10.3. The number of hydrogen-bond donors (Lipinski definition) is 1. The van der Waals surface area contributed by atoms with E-state index in [4.69, 9.17) is 16.3 Å². The van der Waals surface area contributed by atoms with Crippen molar-refractivity contribution in [2.75, 3.05) is 11.9 Å². The van der Waals surface area contributed by atoms with E-state index >= 15 is 0 Å². The first-order valence-corrected chi connectivity index (χ1v) is 6.58. The zero-order valence-electron chi connectivity index (χ0n) is 11.0. The molecule has 5 heteroatoms. The summed E-state index contributed by atoms with van der Waals surface area (Å²) < 4.78 is 5.74. The van der Waals surface area contributed by atoms with Gasteiger partial charge < -0.3 is 10.1 Å². The summed E-state index contributed by atoms with van der Waals surface area (Å²) in [6.07, 6.45) is 2.75. The average Bonchev–Trinajstić information content (AvgIpc) is 2.42. The molecule has 0 aliphatic carbocycles. The minimum Gasteiger partial charge on any atom is -0.437 e. The lowest BCUT2D eigenvalue weighted by Gasteiger charge is -2.10. The van der Waals surface area contributed by atoms with Crippen molar-refractivity contribution in [2.24, 2.45) is 0 Å². The Balaban J connectivity index is 2.21. The highest BCUT2D eigenvalue weighted by molar-refractivity contribution is 6.32. The van der Waals surface area contributed by atoms with Crippen molar-refractivity contribution in [3.05, 3.63) is 41.0 Å². The van der Waals surface area contributed by atoms with Crippen molar-refractivity contribution in [1.82, 2.24) is 9.97 Å². The first-order valence-electron chi connectivity index (χ1n) is 6.20. The number of para-hydroxylation sites is 1. The van der Waals surface area contributed by atoms with Crippen molar-refractivity contribution in [1.29, 1.82) is 0 Å². The van der Waals surface area contributed by atoms with Crippen LogP contribution in [0.15, 0.2) is 30.5 Å². The number of aromatic nitrogens is 2. The standard InChI is InChI=1S/C14H16ClN3O/c1-3-8-16-14-17-9-10(2)13(18-14)19-12-7-5-4-6-11(12)15/h4-7,9H,3,8H2,1-2H3,(H,16,17,18). The molecule has 4 nitrogen and oxygen atoms in total. The Bertz CT molecular complexity index is 560. The van der Waals surface area contributed by atoms with Crippen LogP contribution in [0.2, 0.25) is 5.02 Å². The Labute approximate surface area is 117 Å². The molecular formula is C14H16ClN3O. The van der Waals surface area contributed by atoms with Gasteiger partial charge in [0.15, 0.2) is 0 Å². The molecule has 0 amide bonds. The first kappa shape index (κ1) is 13.6. The highest BCUT2D eigenvalue weighted by atomic mass is 35.5. The van der Waals surface area contributed by atoms with Gasteiger partial charge in [-0.1, -0.05) is 30.7 Å². The van der Waals surface area contributed by atoms with Gasteiger partial charge in [0, 0.05) is 18.3 Å². The highest BCUT2D eigenvalue weighted by Gasteiger charge is 2.08. The summed E-state index contributed by atoms with van der Waals surface area (Å²) in [6, 6.07) is 7.32. The number of nitrogens with zero attached hydrogens (tertiary/aromatic N) is 2. The number of hydrogen-bond acceptors (Lipinski definition) is 4. The molecule has 0 radical (unpaired) electrons. The second kappa shape index (κ2) is 6.38. The van der Waals surface area contributed by atoms with Crippen molar-refractivity contribution in [3.8, 4) is 11.6 Å². The monoisotopic (exact) mass is 277 g/mol. The van der Waals surface area contributed by atoms with Crippen molar-refractivity contribution in [3.63, 3.8) is 0 Å². The van der Waals surface area contributed by atoms with E-state index in [1.165, 1.54) is 0 Å². The van der Waals surface area contributed by atoms with Gasteiger partial charge in [-0.3, -0.25) is 0 Å². The summed E-state index contributed by atoms with van der Waals surface area (Å²) >= 11 is 6.07. The number of halogens is 1. The van der Waals surface area contributed by atoms with Gasteiger partial charge in [-0.25, -0.2) is 4.98 Å². The number of nitrogens with one attached hydrogen (secondary N) is 1. The van der Waals surface area contributed by atoms with Crippen LogP contribution in [0.5, 0.6) is 11.6 Å². The van der Waals surface area contributed by atoms with Crippen LogP contribution < -0.4 is 10.1 Å². The van der Waals surface area contributed by atoms with Crippen molar-refractivity contribution >= 4 is 17.5 Å². The SMILES string of the molecule is CCCNc1ncc(C)c(Oc2ccccc2Cl)n1. The third-order valence-electron chi connectivity index (χ3n) is 2.50. The van der Waals surface area contributed by atoms with Crippen LogP contribution in [0, 0.1) is 6.92 Å². The minimum atomic E-state index is 0.515. The minimum absolute atomic E-state index is 0.515. The number of anilines is 1. The molecule has 0 unspecified atom stereocenters. The van der Waals surface area contributed by atoms with Gasteiger partial charge in [-0.2, -0.15) is 4.98 Å². The van der Waals surface area contributed by atoms with E-state index in [0.29, 0.717) is 22.6 Å². The maximum absolute atomic E-state index is 6.07. The van der Waals surface area contributed by atoms with Crippen LogP contribution in [-0.2, 0) is 0 Å². The molecule has 19 heavy (non-hydrogen) atoms. The summed E-state index contributed by atoms with van der Waals surface area (Å²) in [5.74, 6) is 1.67. The molecule has 1 N–H and O–H groups in total. The molecule has 0 saturated carbocycles. The maximum Gasteiger partial charge on any atom is 0.227 e. The molecule has 2 aromatic rings. The van der Waals surface area contributed by atoms with E-state index in [9.17, 15) is 0 Å².